The summed E-state index contributed by atoms with van der Waals surface area (Å²) in [7, 11) is 3.16. The Morgan fingerprint density at radius 1 is 1.17 bits per heavy atom. The lowest BCUT2D eigenvalue weighted by Gasteiger charge is -2.16. The van der Waals surface area contributed by atoms with Gasteiger partial charge < -0.3 is 14.8 Å². The zero-order valence-corrected chi connectivity index (χ0v) is 13.4. The molecule has 0 aromatic heterocycles. The van der Waals surface area contributed by atoms with Crippen LogP contribution in [0.1, 0.15) is 24.8 Å². The molecule has 1 N–H and O–H groups in total. The van der Waals surface area contributed by atoms with Crippen LogP contribution in [0.3, 0.4) is 0 Å². The topological polar surface area (TPSA) is 47.6 Å². The summed E-state index contributed by atoms with van der Waals surface area (Å²) in [6.07, 6.45) is 0.219. The molecule has 0 aliphatic rings. The van der Waals surface area contributed by atoms with E-state index in [4.69, 9.17) is 9.47 Å². The maximum atomic E-state index is 13.6. The van der Waals surface area contributed by atoms with Crippen LogP contribution in [0.2, 0.25) is 0 Å². The predicted molar refractivity (Wildman–Crippen MR) is 87.6 cm³/mol. The van der Waals surface area contributed by atoms with Crippen LogP contribution in [0.4, 0.5) is 10.1 Å². The maximum Gasteiger partial charge on any atom is 0.225 e. The van der Waals surface area contributed by atoms with Crippen molar-refractivity contribution in [3.8, 4) is 11.5 Å². The number of methoxy groups -OCH3 is 2. The summed E-state index contributed by atoms with van der Waals surface area (Å²) in [4.78, 5) is 12.1. The Kier molecular flexibility index (Phi) is 5.57. The fourth-order valence-corrected chi connectivity index (χ4v) is 2.38. The first-order valence-electron chi connectivity index (χ1n) is 7.31. The van der Waals surface area contributed by atoms with E-state index in [1.54, 1.807) is 32.4 Å². The number of ether oxygens (including phenoxy) is 2. The number of amides is 1. The van der Waals surface area contributed by atoms with E-state index in [0.717, 1.165) is 5.56 Å². The summed E-state index contributed by atoms with van der Waals surface area (Å²) in [5.41, 5.74) is 1.09. The van der Waals surface area contributed by atoms with E-state index in [2.05, 4.69) is 5.32 Å². The number of anilines is 1. The lowest BCUT2D eigenvalue weighted by atomic mass is 9.96. The molecule has 0 saturated carbocycles. The van der Waals surface area contributed by atoms with E-state index >= 15 is 0 Å². The molecule has 0 aliphatic carbocycles. The van der Waals surface area contributed by atoms with Crippen LogP contribution in [-0.4, -0.2) is 20.1 Å². The molecular formula is C18H20FNO3. The molecule has 2 aromatic rings. The lowest BCUT2D eigenvalue weighted by molar-refractivity contribution is -0.116. The summed E-state index contributed by atoms with van der Waals surface area (Å²) in [6, 6.07) is 11.6. The molecular weight excluding hydrogens is 297 g/mol. The fraction of sp³-hybridized carbons (Fsp3) is 0.278. The third-order valence-corrected chi connectivity index (χ3v) is 3.61. The molecule has 4 nitrogen and oxygen atoms in total. The van der Waals surface area contributed by atoms with Gasteiger partial charge in [0.1, 0.15) is 17.3 Å². The molecule has 0 radical (unpaired) electrons. The quantitative estimate of drug-likeness (QED) is 0.877. The van der Waals surface area contributed by atoms with Gasteiger partial charge in [0.05, 0.1) is 19.9 Å². The summed E-state index contributed by atoms with van der Waals surface area (Å²) < 4.78 is 24.1. The number of benzene rings is 2. The van der Waals surface area contributed by atoms with Gasteiger partial charge in [-0.15, -0.1) is 0 Å². The molecule has 122 valence electrons. The van der Waals surface area contributed by atoms with Gasteiger partial charge in [-0.1, -0.05) is 25.1 Å². The summed E-state index contributed by atoms with van der Waals surface area (Å²) in [5, 5.41) is 2.59. The summed E-state index contributed by atoms with van der Waals surface area (Å²) in [6.45, 7) is 1.92. The molecule has 0 heterocycles. The number of nitrogens with one attached hydrogen (secondary N) is 1. The first-order valence-corrected chi connectivity index (χ1v) is 7.31. The van der Waals surface area contributed by atoms with Crippen molar-refractivity contribution in [1.82, 2.24) is 0 Å². The molecule has 5 heteroatoms. The van der Waals surface area contributed by atoms with Crippen molar-refractivity contribution in [2.24, 2.45) is 0 Å². The second-order valence-electron chi connectivity index (χ2n) is 5.24. The van der Waals surface area contributed by atoms with Gasteiger partial charge in [-0.25, -0.2) is 4.39 Å². The van der Waals surface area contributed by atoms with Gasteiger partial charge in [-0.05, 0) is 29.7 Å². The molecule has 0 aliphatic heterocycles. The highest BCUT2D eigenvalue weighted by atomic mass is 19.1. The minimum absolute atomic E-state index is 0.0809. The molecule has 1 amide bonds. The number of hydrogen-bond donors (Lipinski definition) is 1. The van der Waals surface area contributed by atoms with Crippen LogP contribution >= 0.6 is 0 Å². The van der Waals surface area contributed by atoms with Crippen LogP contribution < -0.4 is 14.8 Å². The van der Waals surface area contributed by atoms with Crippen molar-refractivity contribution < 1.29 is 18.7 Å². The van der Waals surface area contributed by atoms with Crippen LogP contribution in [0, 0.1) is 5.82 Å². The highest BCUT2D eigenvalue weighted by Gasteiger charge is 2.17. The third kappa shape index (κ3) is 4.22. The predicted octanol–water partition coefficient (Wildman–Crippen LogP) is 3.98. The van der Waals surface area contributed by atoms with Gasteiger partial charge in [0, 0.05) is 12.5 Å². The van der Waals surface area contributed by atoms with Crippen molar-refractivity contribution in [3.05, 3.63) is 53.8 Å². The van der Waals surface area contributed by atoms with Crippen LogP contribution in [0.25, 0.3) is 0 Å². The average molecular weight is 317 g/mol. The number of carbonyl (C=O) groups is 1. The zero-order valence-electron chi connectivity index (χ0n) is 13.4. The normalized spacial score (nSPS) is 11.7. The molecule has 0 saturated heterocycles. The van der Waals surface area contributed by atoms with E-state index in [1.807, 2.05) is 19.1 Å². The van der Waals surface area contributed by atoms with E-state index in [-0.39, 0.29) is 23.9 Å². The highest BCUT2D eigenvalue weighted by Crippen LogP contribution is 2.32. The van der Waals surface area contributed by atoms with Crippen LogP contribution in [-0.2, 0) is 4.79 Å². The van der Waals surface area contributed by atoms with Crippen molar-refractivity contribution in [1.29, 1.82) is 0 Å². The minimum atomic E-state index is -0.449. The van der Waals surface area contributed by atoms with Crippen molar-refractivity contribution in [2.75, 3.05) is 19.5 Å². The first kappa shape index (κ1) is 16.8. The Morgan fingerprint density at radius 3 is 2.57 bits per heavy atom. The number of hydrogen-bond acceptors (Lipinski definition) is 3. The largest absolute Gasteiger partial charge is 0.497 e. The standard InChI is InChI=1S/C18H20FNO3/c1-12(14-9-8-13(22-2)11-17(14)23-3)10-18(21)20-16-7-5-4-6-15(16)19/h4-9,11-12H,10H2,1-3H3,(H,20,21). The van der Waals surface area contributed by atoms with E-state index < -0.39 is 5.82 Å². The second kappa shape index (κ2) is 7.63. The third-order valence-electron chi connectivity index (χ3n) is 3.61. The smallest absolute Gasteiger partial charge is 0.225 e. The van der Waals surface area contributed by atoms with Crippen molar-refractivity contribution in [2.45, 2.75) is 19.3 Å². The highest BCUT2D eigenvalue weighted by molar-refractivity contribution is 5.91. The minimum Gasteiger partial charge on any atom is -0.497 e. The van der Waals surface area contributed by atoms with Crippen molar-refractivity contribution >= 4 is 11.6 Å². The number of carbonyl (C=O) groups excluding carboxylic acids is 1. The Labute approximate surface area is 135 Å². The van der Waals surface area contributed by atoms with E-state index in [1.165, 1.54) is 12.1 Å². The Bertz CT molecular complexity index is 688. The summed E-state index contributed by atoms with van der Waals surface area (Å²) in [5.74, 6) is 0.572. The molecule has 1 unspecified atom stereocenters. The van der Waals surface area contributed by atoms with Gasteiger partial charge in [-0.3, -0.25) is 4.79 Å². The van der Waals surface area contributed by atoms with Gasteiger partial charge in [0.2, 0.25) is 5.91 Å². The van der Waals surface area contributed by atoms with Crippen molar-refractivity contribution in [3.63, 3.8) is 0 Å². The van der Waals surface area contributed by atoms with Crippen LogP contribution in [0.15, 0.2) is 42.5 Å². The maximum absolute atomic E-state index is 13.6. The Hall–Kier alpha value is -2.56. The van der Waals surface area contributed by atoms with Crippen LogP contribution in [0.5, 0.6) is 11.5 Å². The number of rotatable bonds is 6. The van der Waals surface area contributed by atoms with E-state index in [9.17, 15) is 9.18 Å². The molecule has 2 aromatic carbocycles. The Balaban J connectivity index is 2.08. The molecule has 23 heavy (non-hydrogen) atoms. The lowest BCUT2D eigenvalue weighted by Crippen LogP contribution is -2.15. The molecule has 0 bridgehead atoms. The number of para-hydroxylation sites is 1. The fourth-order valence-electron chi connectivity index (χ4n) is 2.38. The molecule has 0 spiro atoms. The number of halogens is 1. The summed E-state index contributed by atoms with van der Waals surface area (Å²) >= 11 is 0. The van der Waals surface area contributed by atoms with Gasteiger partial charge in [0.25, 0.3) is 0 Å². The average Bonchev–Trinajstić information content (AvgIpc) is 2.56. The van der Waals surface area contributed by atoms with E-state index in [0.29, 0.717) is 11.5 Å². The molecule has 2 rings (SSSR count). The zero-order chi connectivity index (χ0) is 16.8. The second-order valence-corrected chi connectivity index (χ2v) is 5.24. The SMILES string of the molecule is COc1ccc(C(C)CC(=O)Nc2ccccc2F)c(OC)c1. The monoisotopic (exact) mass is 317 g/mol. The van der Waals surface area contributed by atoms with Gasteiger partial charge in [-0.2, -0.15) is 0 Å². The Morgan fingerprint density at radius 2 is 1.91 bits per heavy atom. The first-order chi connectivity index (χ1) is 11.0. The van der Waals surface area contributed by atoms with Gasteiger partial charge >= 0.3 is 0 Å². The molecule has 0 fully saturated rings. The molecule has 1 atom stereocenters. The van der Waals surface area contributed by atoms with Gasteiger partial charge in [0.15, 0.2) is 0 Å².